The van der Waals surface area contributed by atoms with Gasteiger partial charge in [0.25, 0.3) is 0 Å². The molecule has 0 spiro atoms. The summed E-state index contributed by atoms with van der Waals surface area (Å²) in [6, 6.07) is 0. The van der Waals surface area contributed by atoms with Crippen molar-refractivity contribution in [1.82, 2.24) is 0 Å². The lowest BCUT2D eigenvalue weighted by Crippen LogP contribution is -2.30. The number of unbranched alkanes of at least 4 members (excludes halogenated alkanes) is 32. The quantitative estimate of drug-likeness (QED) is 0.0169. The molecule has 0 aliphatic carbocycles. The zero-order valence-electron chi connectivity index (χ0n) is 66.8. The van der Waals surface area contributed by atoms with E-state index in [9.17, 15) is 43.2 Å². The maximum atomic E-state index is 13.1. The average molecular weight is 1530 g/mol. The van der Waals surface area contributed by atoms with Crippen LogP contribution in [0.25, 0.3) is 0 Å². The summed E-state index contributed by atoms with van der Waals surface area (Å²) in [7, 11) is -9.98. The van der Waals surface area contributed by atoms with Crippen LogP contribution in [0.5, 0.6) is 0 Å². The number of esters is 4. The first kappa shape index (κ1) is 101. The van der Waals surface area contributed by atoms with Crippen LogP contribution >= 0.6 is 15.6 Å². The molecule has 17 nitrogen and oxygen atoms in total. The lowest BCUT2D eigenvalue weighted by Gasteiger charge is -2.21. The van der Waals surface area contributed by atoms with Gasteiger partial charge in [0.15, 0.2) is 12.2 Å². The number of ether oxygens (including phenoxy) is 4. The Kier molecular flexibility index (Phi) is 75.2. The summed E-state index contributed by atoms with van der Waals surface area (Å²) in [6.45, 7) is 4.60. The number of aliphatic hydroxyl groups is 1. The summed E-state index contributed by atoms with van der Waals surface area (Å²) in [5.74, 6) is -2.28. The van der Waals surface area contributed by atoms with Crippen molar-refractivity contribution < 1.29 is 80.2 Å². The van der Waals surface area contributed by atoms with E-state index in [1.165, 1.54) is 128 Å². The number of carbonyl (C=O) groups is 4. The summed E-state index contributed by atoms with van der Waals surface area (Å²) in [4.78, 5) is 73.1. The normalized spacial score (nSPS) is 14.4. The van der Waals surface area contributed by atoms with Gasteiger partial charge in [-0.15, -0.1) is 0 Å². The van der Waals surface area contributed by atoms with Crippen LogP contribution in [-0.4, -0.2) is 96.7 Å². The van der Waals surface area contributed by atoms with Gasteiger partial charge in [-0.2, -0.15) is 0 Å². The monoisotopic (exact) mass is 1530 g/mol. The third kappa shape index (κ3) is 77.6. The summed E-state index contributed by atoms with van der Waals surface area (Å²) in [5, 5.41) is 10.7. The molecule has 3 N–H and O–H groups in total. The van der Waals surface area contributed by atoms with Gasteiger partial charge in [-0.25, -0.2) is 9.13 Å². The number of aliphatic hydroxyl groups excluding tert-OH is 1. The van der Waals surface area contributed by atoms with E-state index in [1.807, 2.05) is 12.2 Å². The van der Waals surface area contributed by atoms with E-state index in [0.717, 1.165) is 135 Å². The Hall–Kier alpha value is -4.54. The van der Waals surface area contributed by atoms with Gasteiger partial charge in [0.2, 0.25) is 0 Å². The highest BCUT2D eigenvalue weighted by atomic mass is 31.2. The molecule has 106 heavy (non-hydrogen) atoms. The molecule has 610 valence electrons. The lowest BCUT2D eigenvalue weighted by molar-refractivity contribution is -0.161. The molecule has 0 bridgehead atoms. The van der Waals surface area contributed by atoms with Gasteiger partial charge in [0, 0.05) is 25.7 Å². The number of phosphoric ester groups is 2. The summed E-state index contributed by atoms with van der Waals surface area (Å²) in [6.07, 6.45) is 87.5. The van der Waals surface area contributed by atoms with Crippen molar-refractivity contribution in [1.29, 1.82) is 0 Å². The van der Waals surface area contributed by atoms with Crippen molar-refractivity contribution in [2.24, 2.45) is 0 Å². The molecule has 0 radical (unpaired) electrons. The Morgan fingerprint density at radius 1 is 0.274 bits per heavy atom. The van der Waals surface area contributed by atoms with Crippen molar-refractivity contribution in [3.05, 3.63) is 122 Å². The van der Waals surface area contributed by atoms with Crippen molar-refractivity contribution >= 4 is 39.5 Å². The fourth-order valence-corrected chi connectivity index (χ4v) is 12.8. The molecule has 5 atom stereocenters. The molecule has 0 aliphatic rings. The van der Waals surface area contributed by atoms with E-state index >= 15 is 0 Å². The highest BCUT2D eigenvalue weighted by Gasteiger charge is 2.30. The van der Waals surface area contributed by atoms with Crippen LogP contribution in [0.15, 0.2) is 122 Å². The predicted molar refractivity (Wildman–Crippen MR) is 436 cm³/mol. The molecule has 0 aromatic rings. The number of allylic oxidation sites excluding steroid dienone is 20. The van der Waals surface area contributed by atoms with Crippen LogP contribution in [0.3, 0.4) is 0 Å². The third-order valence-corrected chi connectivity index (χ3v) is 19.4. The first-order valence-corrected chi connectivity index (χ1v) is 44.8. The smallest absolute Gasteiger partial charge is 0.462 e. The third-order valence-electron chi connectivity index (χ3n) is 17.5. The second kappa shape index (κ2) is 78.6. The molecular weight excluding hydrogens is 1380 g/mol. The minimum atomic E-state index is -5.00. The minimum absolute atomic E-state index is 0.0366. The molecule has 0 aromatic carbocycles. The molecule has 0 saturated heterocycles. The summed E-state index contributed by atoms with van der Waals surface area (Å²) < 4.78 is 68.7. The Bertz CT molecular complexity index is 2480. The van der Waals surface area contributed by atoms with Gasteiger partial charge in [-0.3, -0.25) is 37.3 Å². The highest BCUT2D eigenvalue weighted by molar-refractivity contribution is 7.47. The Balaban J connectivity index is 5.43. The standard InChI is InChI=1S/C87H150O17P2/c1-5-9-13-17-21-25-29-33-37-39-40-42-46-48-52-56-60-64-68-72-85(90)98-78-83(104-87(92)74-70-66-62-58-54-50-44-36-32-28-24-20-16-12-8-4)80-102-106(95,96)100-76-81(88)75-99-105(93,94)101-79-82(103-86(91)73-69-65-61-57-53-49-43-35-31-27-23-19-15-11-7-3)77-97-84(89)71-67-63-59-55-51-47-45-41-38-34-30-26-22-18-14-10-6-2/h9-10,13-14,21-22,25-26,33-34,37-38,40,42,45,47-48,52,60,64,81-83,88H,5-8,11-12,15-20,23-24,27-32,35-36,39,41,43-44,46,49-51,53-59,61-63,65-80H2,1-4H3,(H,93,94)(H,95,96)/b13-9-,14-10-,25-21-,26-22-,37-33-,38-34-,42-40-,47-45-,52-48-,64-60-. The molecular formula is C87H150O17P2. The van der Waals surface area contributed by atoms with E-state index in [-0.39, 0.29) is 25.7 Å². The molecule has 0 saturated carbocycles. The van der Waals surface area contributed by atoms with Crippen LogP contribution in [0.2, 0.25) is 0 Å². The van der Waals surface area contributed by atoms with Gasteiger partial charge >= 0.3 is 39.5 Å². The maximum Gasteiger partial charge on any atom is 0.472 e. The Morgan fingerprint density at radius 2 is 0.509 bits per heavy atom. The van der Waals surface area contributed by atoms with E-state index < -0.39 is 97.5 Å². The van der Waals surface area contributed by atoms with Crippen molar-refractivity contribution in [3.8, 4) is 0 Å². The molecule has 0 amide bonds. The van der Waals surface area contributed by atoms with Crippen LogP contribution < -0.4 is 0 Å². The number of hydrogen-bond donors (Lipinski definition) is 3. The Morgan fingerprint density at radius 3 is 0.811 bits per heavy atom. The van der Waals surface area contributed by atoms with Crippen LogP contribution in [-0.2, 0) is 65.4 Å². The van der Waals surface area contributed by atoms with Gasteiger partial charge in [-0.05, 0) is 103 Å². The second-order valence-corrected chi connectivity index (χ2v) is 30.6. The van der Waals surface area contributed by atoms with Crippen LogP contribution in [0.1, 0.15) is 349 Å². The first-order valence-electron chi connectivity index (χ1n) is 41.8. The van der Waals surface area contributed by atoms with Gasteiger partial charge in [0.1, 0.15) is 19.3 Å². The molecule has 5 unspecified atom stereocenters. The SMILES string of the molecule is CC/C=C\C/C=C\C/C=C\C/C=C\C/C=C\C/C=C\CCC(=O)OCC(COP(=O)(O)OCC(O)COP(=O)(O)OCC(COC(=O)CCCCCC/C=C\C/C=C\C/C=C\C/C=C\CC)OC(=O)CCCCCCCCCCCCCCCCC)OC(=O)CCCCCCCCCCCCCCCCC. The minimum Gasteiger partial charge on any atom is -0.462 e. The molecule has 0 aliphatic heterocycles. The van der Waals surface area contributed by atoms with Gasteiger partial charge < -0.3 is 33.8 Å². The highest BCUT2D eigenvalue weighted by Crippen LogP contribution is 2.45. The number of phosphoric acid groups is 2. The van der Waals surface area contributed by atoms with Gasteiger partial charge in [0.05, 0.1) is 26.4 Å². The number of rotatable bonds is 78. The predicted octanol–water partition coefficient (Wildman–Crippen LogP) is 24.7. The number of hydrogen-bond acceptors (Lipinski definition) is 15. The van der Waals surface area contributed by atoms with Crippen LogP contribution in [0.4, 0.5) is 0 Å². The van der Waals surface area contributed by atoms with Crippen molar-refractivity contribution in [2.75, 3.05) is 39.6 Å². The van der Waals surface area contributed by atoms with E-state index in [2.05, 4.69) is 137 Å². The molecule has 0 heterocycles. The molecule has 19 heteroatoms. The fraction of sp³-hybridized carbons (Fsp3) is 0.724. The number of carbonyl (C=O) groups excluding carboxylic acids is 4. The second-order valence-electron chi connectivity index (χ2n) is 27.7. The Labute approximate surface area is 644 Å². The molecule has 0 rings (SSSR count). The topological polar surface area (TPSA) is 237 Å². The van der Waals surface area contributed by atoms with Gasteiger partial charge in [-0.1, -0.05) is 342 Å². The maximum absolute atomic E-state index is 13.1. The van der Waals surface area contributed by atoms with E-state index in [1.54, 1.807) is 0 Å². The largest absolute Gasteiger partial charge is 0.472 e. The zero-order valence-corrected chi connectivity index (χ0v) is 68.6. The lowest BCUT2D eigenvalue weighted by atomic mass is 10.0. The van der Waals surface area contributed by atoms with Crippen molar-refractivity contribution in [2.45, 2.75) is 367 Å². The summed E-state index contributed by atoms with van der Waals surface area (Å²) in [5.41, 5.74) is 0. The molecule has 0 fully saturated rings. The van der Waals surface area contributed by atoms with Crippen molar-refractivity contribution in [3.63, 3.8) is 0 Å². The van der Waals surface area contributed by atoms with E-state index in [4.69, 9.17) is 37.0 Å². The average Bonchev–Trinajstić information content (AvgIpc) is 0.909. The van der Waals surface area contributed by atoms with E-state index in [0.29, 0.717) is 32.1 Å². The molecule has 0 aromatic heterocycles. The van der Waals surface area contributed by atoms with Crippen LogP contribution in [0, 0.1) is 0 Å². The zero-order chi connectivity index (χ0) is 77.4. The fourth-order valence-electron chi connectivity index (χ4n) is 11.2. The summed E-state index contributed by atoms with van der Waals surface area (Å²) >= 11 is 0. The first-order chi connectivity index (χ1) is 51.7.